The Bertz CT molecular complexity index is 516. The molecule has 1 heterocycles. The van der Waals surface area contributed by atoms with Gasteiger partial charge in [-0.25, -0.2) is 0 Å². The van der Waals surface area contributed by atoms with Crippen LogP contribution in [0.3, 0.4) is 0 Å². The number of carbonyl (C=O) groups is 1. The smallest absolute Gasteiger partial charge is 0.272 e. The van der Waals surface area contributed by atoms with Gasteiger partial charge in [-0.3, -0.25) is 9.48 Å². The summed E-state index contributed by atoms with van der Waals surface area (Å²) >= 11 is 0. The first-order valence-corrected chi connectivity index (χ1v) is 8.32. The maximum absolute atomic E-state index is 12.5. The molecule has 1 aromatic rings. The SMILES string of the molecule is Cc1cc(C(=O)NC2CCCCCC2CO)nn1C(C)(C)C. The van der Waals surface area contributed by atoms with E-state index in [0.717, 1.165) is 31.4 Å². The lowest BCUT2D eigenvalue weighted by Gasteiger charge is -2.24. The van der Waals surface area contributed by atoms with E-state index in [1.807, 2.05) is 17.7 Å². The highest BCUT2D eigenvalue weighted by atomic mass is 16.3. The van der Waals surface area contributed by atoms with E-state index < -0.39 is 0 Å². The molecule has 1 saturated carbocycles. The van der Waals surface area contributed by atoms with Gasteiger partial charge in [-0.05, 0) is 46.6 Å². The second-order valence-corrected chi connectivity index (χ2v) is 7.41. The molecule has 0 bridgehead atoms. The van der Waals surface area contributed by atoms with Crippen LogP contribution in [0.4, 0.5) is 0 Å². The number of rotatable bonds is 3. The van der Waals surface area contributed by atoms with Crippen molar-refractivity contribution in [1.82, 2.24) is 15.1 Å². The maximum atomic E-state index is 12.5. The number of aryl methyl sites for hydroxylation is 1. The van der Waals surface area contributed by atoms with E-state index in [2.05, 4.69) is 31.2 Å². The highest BCUT2D eigenvalue weighted by Crippen LogP contribution is 2.24. The van der Waals surface area contributed by atoms with Gasteiger partial charge in [0.2, 0.25) is 0 Å². The molecule has 2 unspecified atom stereocenters. The molecular weight excluding hydrogens is 278 g/mol. The fourth-order valence-electron chi connectivity index (χ4n) is 3.30. The molecule has 0 saturated heterocycles. The molecule has 0 aromatic carbocycles. The molecule has 1 fully saturated rings. The Labute approximate surface area is 133 Å². The van der Waals surface area contributed by atoms with Crippen LogP contribution < -0.4 is 5.32 Å². The first-order valence-electron chi connectivity index (χ1n) is 8.32. The predicted octanol–water partition coefficient (Wildman–Crippen LogP) is 2.62. The predicted molar refractivity (Wildman–Crippen MR) is 86.9 cm³/mol. The Balaban J connectivity index is 2.11. The number of nitrogens with zero attached hydrogens (tertiary/aromatic N) is 2. The van der Waals surface area contributed by atoms with Gasteiger partial charge < -0.3 is 10.4 Å². The standard InChI is InChI=1S/C17H29N3O2/c1-12-10-15(19-20(12)17(2,3)4)16(22)18-14-9-7-5-6-8-13(14)11-21/h10,13-14,21H,5-9,11H2,1-4H3,(H,18,22). The monoisotopic (exact) mass is 307 g/mol. The van der Waals surface area contributed by atoms with Crippen LogP contribution in [0, 0.1) is 12.8 Å². The lowest BCUT2D eigenvalue weighted by Crippen LogP contribution is -2.41. The zero-order valence-electron chi connectivity index (χ0n) is 14.2. The normalized spacial score (nSPS) is 23.1. The molecule has 0 aliphatic heterocycles. The summed E-state index contributed by atoms with van der Waals surface area (Å²) < 4.78 is 1.89. The average molecular weight is 307 g/mol. The Hall–Kier alpha value is -1.36. The number of amides is 1. The van der Waals surface area contributed by atoms with E-state index >= 15 is 0 Å². The molecule has 2 atom stereocenters. The van der Waals surface area contributed by atoms with Crippen molar-refractivity contribution in [1.29, 1.82) is 0 Å². The second-order valence-electron chi connectivity index (χ2n) is 7.41. The van der Waals surface area contributed by atoms with E-state index in [-0.39, 0.29) is 30.0 Å². The van der Waals surface area contributed by atoms with Gasteiger partial charge in [0, 0.05) is 24.3 Å². The highest BCUT2D eigenvalue weighted by molar-refractivity contribution is 5.92. The van der Waals surface area contributed by atoms with Crippen molar-refractivity contribution >= 4 is 5.91 Å². The minimum absolute atomic E-state index is 0.0556. The topological polar surface area (TPSA) is 67.2 Å². The van der Waals surface area contributed by atoms with Crippen LogP contribution in [0.1, 0.15) is 69.1 Å². The number of nitrogens with one attached hydrogen (secondary N) is 1. The van der Waals surface area contributed by atoms with Gasteiger partial charge in [0.1, 0.15) is 5.69 Å². The Kier molecular flexibility index (Phi) is 5.27. The van der Waals surface area contributed by atoms with Crippen molar-refractivity contribution in [3.63, 3.8) is 0 Å². The van der Waals surface area contributed by atoms with Gasteiger partial charge in [0.15, 0.2) is 0 Å². The zero-order valence-corrected chi connectivity index (χ0v) is 14.2. The molecule has 5 heteroatoms. The molecule has 0 spiro atoms. The number of aromatic nitrogens is 2. The minimum atomic E-state index is -0.140. The van der Waals surface area contributed by atoms with Crippen LogP contribution >= 0.6 is 0 Å². The van der Waals surface area contributed by atoms with Crippen molar-refractivity contribution < 1.29 is 9.90 Å². The summed E-state index contributed by atoms with van der Waals surface area (Å²) in [6.07, 6.45) is 5.35. The van der Waals surface area contributed by atoms with Gasteiger partial charge in [0.05, 0.1) is 5.54 Å². The summed E-state index contributed by atoms with van der Waals surface area (Å²) in [6.45, 7) is 8.32. The minimum Gasteiger partial charge on any atom is -0.396 e. The zero-order chi connectivity index (χ0) is 16.3. The first kappa shape index (κ1) is 17.0. The summed E-state index contributed by atoms with van der Waals surface area (Å²) in [7, 11) is 0. The van der Waals surface area contributed by atoms with Gasteiger partial charge in [0.25, 0.3) is 5.91 Å². The number of aliphatic hydroxyl groups is 1. The molecule has 22 heavy (non-hydrogen) atoms. The fourth-order valence-corrected chi connectivity index (χ4v) is 3.30. The number of carbonyl (C=O) groups excluding carboxylic acids is 1. The van der Waals surface area contributed by atoms with Crippen molar-refractivity contribution in [3.05, 3.63) is 17.5 Å². The Morgan fingerprint density at radius 3 is 2.64 bits per heavy atom. The van der Waals surface area contributed by atoms with Crippen molar-refractivity contribution in [2.45, 2.75) is 71.4 Å². The van der Waals surface area contributed by atoms with Gasteiger partial charge in [-0.2, -0.15) is 5.10 Å². The first-order chi connectivity index (χ1) is 10.3. The third kappa shape index (κ3) is 3.88. The Morgan fingerprint density at radius 2 is 2.05 bits per heavy atom. The molecule has 2 N–H and O–H groups in total. The Morgan fingerprint density at radius 1 is 1.36 bits per heavy atom. The molecule has 1 aliphatic rings. The van der Waals surface area contributed by atoms with Crippen molar-refractivity contribution in [2.24, 2.45) is 5.92 Å². The summed E-state index contributed by atoms with van der Waals surface area (Å²) in [4.78, 5) is 12.5. The van der Waals surface area contributed by atoms with E-state index in [4.69, 9.17) is 0 Å². The summed E-state index contributed by atoms with van der Waals surface area (Å²) in [5.41, 5.74) is 1.31. The van der Waals surface area contributed by atoms with E-state index in [1.54, 1.807) is 0 Å². The number of aliphatic hydroxyl groups excluding tert-OH is 1. The summed E-state index contributed by atoms with van der Waals surface area (Å²) in [5, 5.41) is 17.1. The molecule has 2 rings (SSSR count). The van der Waals surface area contributed by atoms with Crippen LogP contribution in [0.15, 0.2) is 6.07 Å². The third-order valence-corrected chi connectivity index (χ3v) is 4.47. The van der Waals surface area contributed by atoms with Gasteiger partial charge in [-0.15, -0.1) is 0 Å². The largest absolute Gasteiger partial charge is 0.396 e. The highest BCUT2D eigenvalue weighted by Gasteiger charge is 2.26. The van der Waals surface area contributed by atoms with Crippen LogP contribution in [0.25, 0.3) is 0 Å². The lowest BCUT2D eigenvalue weighted by molar-refractivity contribution is 0.0893. The molecule has 1 aromatic heterocycles. The van der Waals surface area contributed by atoms with E-state index in [9.17, 15) is 9.90 Å². The van der Waals surface area contributed by atoms with Crippen molar-refractivity contribution in [3.8, 4) is 0 Å². The summed E-state index contributed by atoms with van der Waals surface area (Å²) in [5.74, 6) is 0.0358. The number of hydrogen-bond acceptors (Lipinski definition) is 3. The number of hydrogen-bond donors (Lipinski definition) is 2. The van der Waals surface area contributed by atoms with Crippen LogP contribution in [-0.2, 0) is 5.54 Å². The molecule has 1 amide bonds. The van der Waals surface area contributed by atoms with Crippen molar-refractivity contribution in [2.75, 3.05) is 6.61 Å². The van der Waals surface area contributed by atoms with Crippen LogP contribution in [0.2, 0.25) is 0 Å². The average Bonchev–Trinajstić information content (AvgIpc) is 2.70. The van der Waals surface area contributed by atoms with E-state index in [1.165, 1.54) is 6.42 Å². The summed E-state index contributed by atoms with van der Waals surface area (Å²) in [6, 6.07) is 1.89. The fraction of sp³-hybridized carbons (Fsp3) is 0.765. The van der Waals surface area contributed by atoms with Gasteiger partial charge in [-0.1, -0.05) is 19.3 Å². The van der Waals surface area contributed by atoms with Crippen LogP contribution in [0.5, 0.6) is 0 Å². The molecular formula is C17H29N3O2. The second kappa shape index (κ2) is 6.82. The lowest BCUT2D eigenvalue weighted by atomic mass is 9.95. The molecule has 124 valence electrons. The van der Waals surface area contributed by atoms with E-state index in [0.29, 0.717) is 5.69 Å². The molecule has 1 aliphatic carbocycles. The van der Waals surface area contributed by atoms with Gasteiger partial charge >= 0.3 is 0 Å². The molecule has 0 radical (unpaired) electrons. The quantitative estimate of drug-likeness (QED) is 0.844. The third-order valence-electron chi connectivity index (χ3n) is 4.47. The maximum Gasteiger partial charge on any atom is 0.272 e. The molecule has 5 nitrogen and oxygen atoms in total. The van der Waals surface area contributed by atoms with Crippen LogP contribution in [-0.4, -0.2) is 33.4 Å².